The lowest BCUT2D eigenvalue weighted by Crippen LogP contribution is -2.47. The van der Waals surface area contributed by atoms with Gasteiger partial charge in [-0.05, 0) is 40.0 Å². The second kappa shape index (κ2) is 5.17. The van der Waals surface area contributed by atoms with Gasteiger partial charge in [-0.2, -0.15) is 0 Å². The quantitative estimate of drug-likeness (QED) is 0.796. The van der Waals surface area contributed by atoms with E-state index in [1.165, 1.54) is 5.69 Å². The van der Waals surface area contributed by atoms with Crippen molar-refractivity contribution in [1.82, 2.24) is 5.32 Å². The Bertz CT molecular complexity index is 280. The van der Waals surface area contributed by atoms with Gasteiger partial charge >= 0.3 is 0 Å². The maximum absolute atomic E-state index is 3.33. The third-order valence-corrected chi connectivity index (χ3v) is 2.77. The van der Waals surface area contributed by atoms with Gasteiger partial charge in [0.05, 0.1) is 0 Å². The van der Waals surface area contributed by atoms with E-state index in [0.717, 1.165) is 13.1 Å². The van der Waals surface area contributed by atoms with Gasteiger partial charge in [-0.3, -0.25) is 0 Å². The van der Waals surface area contributed by atoms with Crippen LogP contribution in [0.3, 0.4) is 0 Å². The van der Waals surface area contributed by atoms with E-state index >= 15 is 0 Å². The number of anilines is 1. The Morgan fingerprint density at radius 2 is 1.80 bits per heavy atom. The van der Waals surface area contributed by atoms with Crippen LogP contribution in [0.1, 0.15) is 20.8 Å². The first-order chi connectivity index (χ1) is 7.09. The lowest BCUT2D eigenvalue weighted by molar-refractivity contribution is 0.422. The van der Waals surface area contributed by atoms with Crippen LogP contribution in [0.4, 0.5) is 5.69 Å². The van der Waals surface area contributed by atoms with Crippen LogP contribution in [0.25, 0.3) is 0 Å². The summed E-state index contributed by atoms with van der Waals surface area (Å²) in [6.07, 6.45) is 0. The molecular formula is C13H22N2. The molecule has 0 aromatic heterocycles. The average Bonchev–Trinajstić information content (AvgIpc) is 2.27. The van der Waals surface area contributed by atoms with Crippen molar-refractivity contribution in [3.63, 3.8) is 0 Å². The Hall–Kier alpha value is -1.02. The van der Waals surface area contributed by atoms with Crippen molar-refractivity contribution in [3.8, 4) is 0 Å². The molecule has 0 radical (unpaired) electrons. The number of hydrogen-bond donors (Lipinski definition) is 1. The number of likely N-dealkylation sites (N-methyl/N-ethyl adjacent to an activating group) is 2. The molecule has 0 saturated heterocycles. The molecule has 84 valence electrons. The number of nitrogens with one attached hydrogen (secondary N) is 1. The third kappa shape index (κ3) is 3.56. The van der Waals surface area contributed by atoms with Crippen molar-refractivity contribution in [2.24, 2.45) is 0 Å². The highest BCUT2D eigenvalue weighted by Crippen LogP contribution is 2.15. The van der Waals surface area contributed by atoms with Crippen molar-refractivity contribution >= 4 is 5.69 Å². The van der Waals surface area contributed by atoms with Crippen LogP contribution in [0.2, 0.25) is 0 Å². The van der Waals surface area contributed by atoms with E-state index in [9.17, 15) is 0 Å². The average molecular weight is 206 g/mol. The fourth-order valence-electron chi connectivity index (χ4n) is 1.58. The number of benzene rings is 1. The molecule has 2 nitrogen and oxygen atoms in total. The molecule has 1 rings (SSSR count). The summed E-state index contributed by atoms with van der Waals surface area (Å²) in [6, 6.07) is 10.6. The van der Waals surface area contributed by atoms with Crippen LogP contribution >= 0.6 is 0 Å². The standard InChI is InChI=1S/C13H22N2/c1-5-15(11-13(2,3)14-4)12-9-7-6-8-10-12/h6-10,14H,5,11H2,1-4H3. The van der Waals surface area contributed by atoms with Crippen LogP contribution in [0.15, 0.2) is 30.3 Å². The molecule has 0 aliphatic carbocycles. The van der Waals surface area contributed by atoms with Crippen LogP contribution in [0.5, 0.6) is 0 Å². The largest absolute Gasteiger partial charge is 0.370 e. The van der Waals surface area contributed by atoms with Gasteiger partial charge in [-0.1, -0.05) is 18.2 Å². The summed E-state index contributed by atoms with van der Waals surface area (Å²) in [4.78, 5) is 2.39. The molecule has 0 atom stereocenters. The molecule has 1 aromatic rings. The van der Waals surface area contributed by atoms with E-state index in [2.05, 4.69) is 61.3 Å². The van der Waals surface area contributed by atoms with Crippen molar-refractivity contribution in [3.05, 3.63) is 30.3 Å². The Kier molecular flexibility index (Phi) is 4.15. The normalized spacial score (nSPS) is 11.5. The van der Waals surface area contributed by atoms with Gasteiger partial charge in [0, 0.05) is 24.3 Å². The van der Waals surface area contributed by atoms with E-state index in [-0.39, 0.29) is 5.54 Å². The van der Waals surface area contributed by atoms with E-state index in [4.69, 9.17) is 0 Å². The minimum atomic E-state index is 0.145. The van der Waals surface area contributed by atoms with Crippen LogP contribution in [0, 0.1) is 0 Å². The first kappa shape index (κ1) is 12.1. The molecule has 0 heterocycles. The predicted molar refractivity (Wildman–Crippen MR) is 67.5 cm³/mol. The molecule has 2 heteroatoms. The van der Waals surface area contributed by atoms with Crippen LogP contribution < -0.4 is 10.2 Å². The van der Waals surface area contributed by atoms with E-state index in [1.54, 1.807) is 0 Å². The highest BCUT2D eigenvalue weighted by molar-refractivity contribution is 5.46. The highest BCUT2D eigenvalue weighted by Gasteiger charge is 2.18. The zero-order valence-corrected chi connectivity index (χ0v) is 10.2. The van der Waals surface area contributed by atoms with Crippen molar-refractivity contribution < 1.29 is 0 Å². The van der Waals surface area contributed by atoms with Gasteiger partial charge in [0.25, 0.3) is 0 Å². The van der Waals surface area contributed by atoms with E-state index in [1.807, 2.05) is 7.05 Å². The van der Waals surface area contributed by atoms with Gasteiger partial charge in [0.2, 0.25) is 0 Å². The van der Waals surface area contributed by atoms with Gasteiger partial charge < -0.3 is 10.2 Å². The van der Waals surface area contributed by atoms with Gasteiger partial charge in [-0.15, -0.1) is 0 Å². The highest BCUT2D eigenvalue weighted by atomic mass is 15.2. The third-order valence-electron chi connectivity index (χ3n) is 2.77. The van der Waals surface area contributed by atoms with Crippen molar-refractivity contribution in [2.75, 3.05) is 25.0 Å². The molecular weight excluding hydrogens is 184 g/mol. The summed E-state index contributed by atoms with van der Waals surface area (Å²) in [5.41, 5.74) is 1.44. The molecule has 0 spiro atoms. The minimum Gasteiger partial charge on any atom is -0.370 e. The molecule has 0 fully saturated rings. The summed E-state index contributed by atoms with van der Waals surface area (Å²) >= 11 is 0. The summed E-state index contributed by atoms with van der Waals surface area (Å²) in [7, 11) is 2.01. The zero-order chi connectivity index (χ0) is 11.3. The van der Waals surface area contributed by atoms with Crippen LogP contribution in [-0.2, 0) is 0 Å². The minimum absolute atomic E-state index is 0.145. The SMILES string of the molecule is CCN(CC(C)(C)NC)c1ccccc1. The predicted octanol–water partition coefficient (Wildman–Crippen LogP) is 2.51. The summed E-state index contributed by atoms with van der Waals surface area (Å²) < 4.78 is 0. The maximum atomic E-state index is 3.33. The van der Waals surface area contributed by atoms with Crippen molar-refractivity contribution in [2.45, 2.75) is 26.3 Å². The van der Waals surface area contributed by atoms with Crippen molar-refractivity contribution in [1.29, 1.82) is 0 Å². The Morgan fingerprint density at radius 3 is 2.27 bits per heavy atom. The Balaban J connectivity index is 2.73. The number of nitrogens with zero attached hydrogens (tertiary/aromatic N) is 1. The van der Waals surface area contributed by atoms with Gasteiger partial charge in [0.1, 0.15) is 0 Å². The molecule has 0 aliphatic heterocycles. The fourth-order valence-corrected chi connectivity index (χ4v) is 1.58. The number of rotatable bonds is 5. The molecule has 1 aromatic carbocycles. The molecule has 1 N–H and O–H groups in total. The molecule has 0 unspecified atom stereocenters. The Labute approximate surface area is 93.3 Å². The molecule has 0 saturated carbocycles. The number of hydrogen-bond acceptors (Lipinski definition) is 2. The zero-order valence-electron chi connectivity index (χ0n) is 10.2. The van der Waals surface area contributed by atoms with E-state index in [0.29, 0.717) is 0 Å². The lowest BCUT2D eigenvalue weighted by atomic mass is 10.0. The smallest absolute Gasteiger partial charge is 0.0366 e. The topological polar surface area (TPSA) is 15.3 Å². The monoisotopic (exact) mass is 206 g/mol. The first-order valence-electron chi connectivity index (χ1n) is 5.58. The molecule has 0 bridgehead atoms. The molecule has 0 aliphatic rings. The lowest BCUT2D eigenvalue weighted by Gasteiger charge is -2.33. The van der Waals surface area contributed by atoms with E-state index < -0.39 is 0 Å². The molecule has 0 amide bonds. The fraction of sp³-hybridized carbons (Fsp3) is 0.538. The Morgan fingerprint density at radius 1 is 1.20 bits per heavy atom. The van der Waals surface area contributed by atoms with Crippen LogP contribution in [-0.4, -0.2) is 25.7 Å². The number of para-hydroxylation sites is 1. The van der Waals surface area contributed by atoms with Gasteiger partial charge in [0.15, 0.2) is 0 Å². The first-order valence-corrected chi connectivity index (χ1v) is 5.58. The summed E-state index contributed by atoms with van der Waals surface area (Å²) in [5.74, 6) is 0. The molecule has 15 heavy (non-hydrogen) atoms. The summed E-state index contributed by atoms with van der Waals surface area (Å²) in [6.45, 7) is 8.69. The summed E-state index contributed by atoms with van der Waals surface area (Å²) in [5, 5.41) is 3.33. The maximum Gasteiger partial charge on any atom is 0.0366 e. The second-order valence-corrected chi connectivity index (χ2v) is 4.48. The second-order valence-electron chi connectivity index (χ2n) is 4.48. The van der Waals surface area contributed by atoms with Gasteiger partial charge in [-0.25, -0.2) is 0 Å².